The van der Waals surface area contributed by atoms with E-state index in [1.54, 1.807) is 18.3 Å². The molecule has 0 fully saturated rings. The largest absolute Gasteiger partial charge is 0.478 e. The maximum Gasteiger partial charge on any atom is 0.335 e. The summed E-state index contributed by atoms with van der Waals surface area (Å²) in [5.74, 6) is -0.981. The molecule has 24 heavy (non-hydrogen) atoms. The molecule has 0 aliphatic heterocycles. The Labute approximate surface area is 139 Å². The van der Waals surface area contributed by atoms with Gasteiger partial charge in [-0.3, -0.25) is 4.98 Å². The SMILES string of the molecule is O=C(O)c1cccc(N=Nc2ccc(Cc3ccccn3)cc2)c1. The molecule has 0 aliphatic carbocycles. The van der Waals surface area contributed by atoms with E-state index in [1.807, 2.05) is 42.5 Å². The number of carbonyl (C=O) groups is 1. The Bertz CT molecular complexity index is 859. The van der Waals surface area contributed by atoms with Crippen molar-refractivity contribution >= 4 is 17.3 Å². The topological polar surface area (TPSA) is 74.9 Å². The van der Waals surface area contributed by atoms with Crippen LogP contribution in [0.5, 0.6) is 0 Å². The fourth-order valence-electron chi connectivity index (χ4n) is 2.21. The van der Waals surface area contributed by atoms with E-state index in [9.17, 15) is 4.79 Å². The number of carboxylic acids is 1. The van der Waals surface area contributed by atoms with Crippen molar-refractivity contribution in [1.29, 1.82) is 0 Å². The summed E-state index contributed by atoms with van der Waals surface area (Å²) < 4.78 is 0. The van der Waals surface area contributed by atoms with E-state index in [4.69, 9.17) is 5.11 Å². The molecule has 3 aromatic rings. The lowest BCUT2D eigenvalue weighted by Crippen LogP contribution is -1.94. The van der Waals surface area contributed by atoms with Gasteiger partial charge in [0.05, 0.1) is 16.9 Å². The number of nitrogens with zero attached hydrogens (tertiary/aromatic N) is 3. The van der Waals surface area contributed by atoms with Crippen molar-refractivity contribution in [1.82, 2.24) is 4.98 Å². The van der Waals surface area contributed by atoms with E-state index in [1.165, 1.54) is 12.1 Å². The number of aromatic carboxylic acids is 1. The summed E-state index contributed by atoms with van der Waals surface area (Å²) in [6.45, 7) is 0. The van der Waals surface area contributed by atoms with E-state index in [0.717, 1.165) is 17.7 Å². The highest BCUT2D eigenvalue weighted by atomic mass is 16.4. The molecule has 1 heterocycles. The molecule has 118 valence electrons. The molecule has 0 amide bonds. The van der Waals surface area contributed by atoms with Crippen LogP contribution in [0.1, 0.15) is 21.6 Å². The van der Waals surface area contributed by atoms with Crippen molar-refractivity contribution in [3.05, 3.63) is 89.7 Å². The molecule has 0 aliphatic rings. The van der Waals surface area contributed by atoms with Gasteiger partial charge in [0.15, 0.2) is 0 Å². The Morgan fingerprint density at radius 1 is 0.917 bits per heavy atom. The van der Waals surface area contributed by atoms with E-state index < -0.39 is 5.97 Å². The van der Waals surface area contributed by atoms with Crippen LogP contribution in [0.25, 0.3) is 0 Å². The minimum Gasteiger partial charge on any atom is -0.478 e. The molecule has 0 bridgehead atoms. The minimum atomic E-state index is -0.981. The molecule has 5 nitrogen and oxygen atoms in total. The van der Waals surface area contributed by atoms with Crippen molar-refractivity contribution in [3.63, 3.8) is 0 Å². The maximum absolute atomic E-state index is 10.9. The Morgan fingerprint density at radius 2 is 1.71 bits per heavy atom. The first-order valence-electron chi connectivity index (χ1n) is 7.45. The normalized spacial score (nSPS) is 10.8. The number of hydrogen-bond acceptors (Lipinski definition) is 4. The highest BCUT2D eigenvalue weighted by Crippen LogP contribution is 2.20. The number of azo groups is 1. The Morgan fingerprint density at radius 3 is 2.42 bits per heavy atom. The second-order valence-corrected chi connectivity index (χ2v) is 5.22. The van der Waals surface area contributed by atoms with Crippen LogP contribution in [0.2, 0.25) is 0 Å². The molecule has 0 atom stereocenters. The monoisotopic (exact) mass is 317 g/mol. The van der Waals surface area contributed by atoms with Gasteiger partial charge in [0, 0.05) is 18.3 Å². The number of hydrogen-bond donors (Lipinski definition) is 1. The fourth-order valence-corrected chi connectivity index (χ4v) is 2.21. The Hall–Kier alpha value is -3.34. The predicted octanol–water partition coefficient (Wildman–Crippen LogP) is 4.79. The van der Waals surface area contributed by atoms with Gasteiger partial charge in [0.1, 0.15) is 0 Å². The quantitative estimate of drug-likeness (QED) is 0.688. The van der Waals surface area contributed by atoms with Crippen LogP contribution >= 0.6 is 0 Å². The van der Waals surface area contributed by atoms with E-state index in [2.05, 4.69) is 15.2 Å². The smallest absolute Gasteiger partial charge is 0.335 e. The predicted molar refractivity (Wildman–Crippen MR) is 91.1 cm³/mol. The van der Waals surface area contributed by atoms with Gasteiger partial charge in [-0.25, -0.2) is 4.79 Å². The highest BCUT2D eigenvalue weighted by Gasteiger charge is 2.02. The van der Waals surface area contributed by atoms with E-state index in [0.29, 0.717) is 11.4 Å². The van der Waals surface area contributed by atoms with Gasteiger partial charge in [0.2, 0.25) is 0 Å². The number of carboxylic acid groups (broad SMARTS) is 1. The zero-order chi connectivity index (χ0) is 16.8. The van der Waals surface area contributed by atoms with Gasteiger partial charge in [-0.2, -0.15) is 10.2 Å². The molecule has 1 aromatic heterocycles. The van der Waals surface area contributed by atoms with Crippen LogP contribution < -0.4 is 0 Å². The molecule has 0 saturated carbocycles. The molecule has 0 radical (unpaired) electrons. The molecule has 1 N–H and O–H groups in total. The van der Waals surface area contributed by atoms with Gasteiger partial charge in [-0.1, -0.05) is 24.3 Å². The molecule has 3 rings (SSSR count). The number of aromatic nitrogens is 1. The molecular formula is C19H15N3O2. The molecule has 5 heteroatoms. The third kappa shape index (κ3) is 4.10. The van der Waals surface area contributed by atoms with E-state index >= 15 is 0 Å². The standard InChI is InChI=1S/C19H15N3O2/c23-19(24)15-4-3-6-18(13-15)22-21-16-9-7-14(8-10-16)12-17-5-1-2-11-20-17/h1-11,13H,12H2,(H,23,24). The first-order chi connectivity index (χ1) is 11.7. The van der Waals surface area contributed by atoms with Crippen molar-refractivity contribution < 1.29 is 9.90 Å². The van der Waals surface area contributed by atoms with Crippen LogP contribution in [-0.4, -0.2) is 16.1 Å². The zero-order valence-corrected chi connectivity index (χ0v) is 12.8. The second-order valence-electron chi connectivity index (χ2n) is 5.22. The molecular weight excluding hydrogens is 302 g/mol. The fraction of sp³-hybridized carbons (Fsp3) is 0.0526. The van der Waals surface area contributed by atoms with Crippen molar-refractivity contribution in [2.75, 3.05) is 0 Å². The van der Waals surface area contributed by atoms with Crippen LogP contribution in [0, 0.1) is 0 Å². The Balaban J connectivity index is 1.70. The summed E-state index contributed by atoms with van der Waals surface area (Å²) in [5.41, 5.74) is 3.56. The van der Waals surface area contributed by atoms with Crippen LogP contribution in [0.4, 0.5) is 11.4 Å². The minimum absolute atomic E-state index is 0.192. The summed E-state index contributed by atoms with van der Waals surface area (Å²) in [6.07, 6.45) is 2.54. The third-order valence-corrected chi connectivity index (χ3v) is 3.42. The van der Waals surface area contributed by atoms with Gasteiger partial charge in [-0.15, -0.1) is 0 Å². The Kier molecular flexibility index (Phi) is 4.72. The summed E-state index contributed by atoms with van der Waals surface area (Å²) in [7, 11) is 0. The first-order valence-corrected chi connectivity index (χ1v) is 7.45. The lowest BCUT2D eigenvalue weighted by Gasteiger charge is -2.01. The van der Waals surface area contributed by atoms with Gasteiger partial charge >= 0.3 is 5.97 Å². The third-order valence-electron chi connectivity index (χ3n) is 3.42. The van der Waals surface area contributed by atoms with Crippen molar-refractivity contribution in [2.45, 2.75) is 6.42 Å². The molecule has 0 unspecified atom stereocenters. The lowest BCUT2D eigenvalue weighted by molar-refractivity contribution is 0.0697. The van der Waals surface area contributed by atoms with Gasteiger partial charge in [0.25, 0.3) is 0 Å². The van der Waals surface area contributed by atoms with Crippen LogP contribution in [-0.2, 0) is 6.42 Å². The highest BCUT2D eigenvalue weighted by molar-refractivity contribution is 5.88. The van der Waals surface area contributed by atoms with Crippen molar-refractivity contribution in [2.24, 2.45) is 10.2 Å². The van der Waals surface area contributed by atoms with Crippen LogP contribution in [0.15, 0.2) is 83.2 Å². The first kappa shape index (κ1) is 15.6. The average molecular weight is 317 g/mol. The number of benzene rings is 2. The van der Waals surface area contributed by atoms with Crippen LogP contribution in [0.3, 0.4) is 0 Å². The average Bonchev–Trinajstić information content (AvgIpc) is 2.62. The second kappa shape index (κ2) is 7.28. The lowest BCUT2D eigenvalue weighted by atomic mass is 10.1. The summed E-state index contributed by atoms with van der Waals surface area (Å²) in [6, 6.07) is 19.9. The van der Waals surface area contributed by atoms with Gasteiger partial charge in [-0.05, 0) is 48.0 Å². The van der Waals surface area contributed by atoms with Crippen molar-refractivity contribution in [3.8, 4) is 0 Å². The molecule has 0 spiro atoms. The zero-order valence-electron chi connectivity index (χ0n) is 12.8. The number of pyridine rings is 1. The molecule has 0 saturated heterocycles. The number of rotatable bonds is 5. The summed E-state index contributed by atoms with van der Waals surface area (Å²) in [5, 5.41) is 17.2. The maximum atomic E-state index is 10.9. The van der Waals surface area contributed by atoms with Gasteiger partial charge < -0.3 is 5.11 Å². The summed E-state index contributed by atoms with van der Waals surface area (Å²) >= 11 is 0. The van der Waals surface area contributed by atoms with E-state index in [-0.39, 0.29) is 5.56 Å². The molecule has 2 aromatic carbocycles. The summed E-state index contributed by atoms with van der Waals surface area (Å²) in [4.78, 5) is 15.2.